The van der Waals surface area contributed by atoms with Crippen molar-refractivity contribution < 1.29 is 19.4 Å². The molecule has 0 spiro atoms. The molecule has 298 valence electrons. The van der Waals surface area contributed by atoms with Gasteiger partial charge in [-0.3, -0.25) is 9.59 Å². The zero-order valence-corrected chi connectivity index (χ0v) is 34.6. The number of ether oxygens (including phenoxy) is 1. The van der Waals surface area contributed by atoms with Gasteiger partial charge in [0.1, 0.15) is 0 Å². The van der Waals surface area contributed by atoms with Crippen LogP contribution in [0.4, 0.5) is 0 Å². The Morgan fingerprint density at radius 1 is 0.460 bits per heavy atom. The highest BCUT2D eigenvalue weighted by molar-refractivity contribution is 5.69. The van der Waals surface area contributed by atoms with Gasteiger partial charge >= 0.3 is 11.9 Å². The van der Waals surface area contributed by atoms with Gasteiger partial charge in [-0.25, -0.2) is 0 Å². The van der Waals surface area contributed by atoms with Gasteiger partial charge in [0.05, 0.1) is 6.61 Å². The van der Waals surface area contributed by atoms with Gasteiger partial charge in [0, 0.05) is 12.8 Å². The van der Waals surface area contributed by atoms with Crippen LogP contribution in [0.25, 0.3) is 0 Å². The molecule has 1 N–H and O–H groups in total. The first-order valence-electron chi connectivity index (χ1n) is 22.5. The topological polar surface area (TPSA) is 63.6 Å². The molecular formula is C46H90O4. The molecule has 0 fully saturated rings. The molecule has 0 aliphatic carbocycles. The third kappa shape index (κ3) is 46.7. The quantitative estimate of drug-likeness (QED) is 0.0393. The van der Waals surface area contributed by atoms with Crippen molar-refractivity contribution in [3.63, 3.8) is 0 Å². The number of esters is 1. The largest absolute Gasteiger partial charge is 0.481 e. The van der Waals surface area contributed by atoms with E-state index in [0.717, 1.165) is 25.7 Å². The van der Waals surface area contributed by atoms with Gasteiger partial charge in [0.25, 0.3) is 0 Å². The van der Waals surface area contributed by atoms with Crippen LogP contribution in [0, 0.1) is 5.92 Å². The summed E-state index contributed by atoms with van der Waals surface area (Å²) in [4.78, 5) is 22.2. The molecule has 0 saturated heterocycles. The number of carboxylic acids is 1. The molecule has 0 rings (SSSR count). The Hall–Kier alpha value is -1.32. The highest BCUT2D eigenvalue weighted by atomic mass is 16.5. The molecule has 0 bridgehead atoms. The summed E-state index contributed by atoms with van der Waals surface area (Å²) >= 11 is 0. The van der Waals surface area contributed by atoms with Crippen molar-refractivity contribution in [2.45, 2.75) is 259 Å². The number of carbonyl (C=O) groups is 2. The van der Waals surface area contributed by atoms with Gasteiger partial charge < -0.3 is 9.84 Å². The standard InChI is InChI=1S/C24H48O2.C22H42O2/c1-4-7-9-10-11-12-13-14-15-16-17-18-19-21-24(25)26-22-23(6-3)20-8-5-2;1-2-3-4-5-6-7-8-9-10-11-12-13-14-15-16-17-18-19-20-21-22(23)24/h23H,4-22H2,1-3H3;9-10H,2-8,11-21H2,1H3,(H,23,24)/b;10-9-. The fourth-order valence-corrected chi connectivity index (χ4v) is 6.52. The number of unbranched alkanes of at least 4 members (excludes halogenated alkanes) is 28. The Bertz CT molecular complexity index is 688. The Labute approximate surface area is 314 Å². The van der Waals surface area contributed by atoms with Crippen molar-refractivity contribution in [3.05, 3.63) is 12.2 Å². The van der Waals surface area contributed by atoms with Crippen molar-refractivity contribution >= 4 is 11.9 Å². The van der Waals surface area contributed by atoms with E-state index in [-0.39, 0.29) is 5.97 Å². The second-order valence-corrected chi connectivity index (χ2v) is 15.2. The molecule has 1 atom stereocenters. The Morgan fingerprint density at radius 2 is 0.800 bits per heavy atom. The molecule has 0 aliphatic rings. The van der Waals surface area contributed by atoms with E-state index in [1.54, 1.807) is 0 Å². The first-order chi connectivity index (χ1) is 24.5. The van der Waals surface area contributed by atoms with Crippen molar-refractivity contribution in [2.75, 3.05) is 6.61 Å². The molecule has 0 amide bonds. The first-order valence-corrected chi connectivity index (χ1v) is 22.5. The summed E-state index contributed by atoms with van der Waals surface area (Å²) in [6.07, 6.45) is 49.9. The van der Waals surface area contributed by atoms with Crippen molar-refractivity contribution in [2.24, 2.45) is 5.92 Å². The number of allylic oxidation sites excluding steroid dienone is 2. The number of hydrogen-bond donors (Lipinski definition) is 1. The molecular weight excluding hydrogens is 617 g/mol. The van der Waals surface area contributed by atoms with Gasteiger partial charge in [-0.1, -0.05) is 213 Å². The van der Waals surface area contributed by atoms with Crippen LogP contribution in [-0.2, 0) is 14.3 Å². The van der Waals surface area contributed by atoms with Crippen LogP contribution in [0.5, 0.6) is 0 Å². The van der Waals surface area contributed by atoms with Gasteiger partial charge in [0.2, 0.25) is 0 Å². The van der Waals surface area contributed by atoms with Gasteiger partial charge in [0.15, 0.2) is 0 Å². The molecule has 0 aromatic carbocycles. The van der Waals surface area contributed by atoms with E-state index in [0.29, 0.717) is 25.4 Å². The maximum atomic E-state index is 11.8. The SMILES string of the molecule is CCCCCCCC/C=C\CCCCCCCCCCCC(=O)O.CCCCCCCCCCCCCCCC(=O)OCC(CC)CCCC. The summed E-state index contributed by atoms with van der Waals surface area (Å²) in [7, 11) is 0. The van der Waals surface area contributed by atoms with Crippen LogP contribution < -0.4 is 0 Å². The highest BCUT2D eigenvalue weighted by Crippen LogP contribution is 2.16. The maximum absolute atomic E-state index is 11.8. The predicted molar refractivity (Wildman–Crippen MR) is 220 cm³/mol. The predicted octanol–water partition coefficient (Wildman–Crippen LogP) is 15.9. The molecule has 50 heavy (non-hydrogen) atoms. The monoisotopic (exact) mass is 707 g/mol. The lowest BCUT2D eigenvalue weighted by Crippen LogP contribution is -2.13. The molecule has 1 unspecified atom stereocenters. The summed E-state index contributed by atoms with van der Waals surface area (Å²) in [6, 6.07) is 0. The molecule has 0 aromatic rings. The van der Waals surface area contributed by atoms with E-state index < -0.39 is 5.97 Å². The normalized spacial score (nSPS) is 11.8. The number of hydrogen-bond acceptors (Lipinski definition) is 3. The lowest BCUT2D eigenvalue weighted by Gasteiger charge is -2.14. The van der Waals surface area contributed by atoms with E-state index in [4.69, 9.17) is 9.84 Å². The zero-order chi connectivity index (χ0) is 37.0. The third-order valence-electron chi connectivity index (χ3n) is 10.2. The minimum Gasteiger partial charge on any atom is -0.481 e. The molecule has 4 nitrogen and oxygen atoms in total. The molecule has 0 heterocycles. The molecule has 0 aromatic heterocycles. The minimum atomic E-state index is -0.656. The summed E-state index contributed by atoms with van der Waals surface area (Å²) in [5, 5.41) is 8.55. The number of carbonyl (C=O) groups excluding carboxylic acids is 1. The molecule has 0 saturated carbocycles. The highest BCUT2D eigenvalue weighted by Gasteiger charge is 2.09. The number of rotatable bonds is 39. The lowest BCUT2D eigenvalue weighted by molar-refractivity contribution is -0.145. The second-order valence-electron chi connectivity index (χ2n) is 15.2. The summed E-state index contributed by atoms with van der Waals surface area (Å²) in [5.41, 5.74) is 0. The van der Waals surface area contributed by atoms with Gasteiger partial charge in [-0.15, -0.1) is 0 Å². The summed E-state index contributed by atoms with van der Waals surface area (Å²) in [5.74, 6) is -0.0791. The zero-order valence-electron chi connectivity index (χ0n) is 34.6. The van der Waals surface area contributed by atoms with Crippen LogP contribution >= 0.6 is 0 Å². The Kier molecular flexibility index (Phi) is 46.4. The average Bonchev–Trinajstić information content (AvgIpc) is 3.11. The van der Waals surface area contributed by atoms with Crippen LogP contribution in [0.3, 0.4) is 0 Å². The Morgan fingerprint density at radius 3 is 1.16 bits per heavy atom. The first kappa shape index (κ1) is 50.8. The molecule has 0 radical (unpaired) electrons. The van der Waals surface area contributed by atoms with Gasteiger partial charge in [-0.2, -0.15) is 0 Å². The van der Waals surface area contributed by atoms with Gasteiger partial charge in [-0.05, 0) is 50.9 Å². The van der Waals surface area contributed by atoms with E-state index in [1.807, 2.05) is 0 Å². The summed E-state index contributed by atoms with van der Waals surface area (Å²) in [6.45, 7) is 9.59. The van der Waals surface area contributed by atoms with Crippen molar-refractivity contribution in [1.29, 1.82) is 0 Å². The lowest BCUT2D eigenvalue weighted by atomic mass is 10.0. The Balaban J connectivity index is 0. The smallest absolute Gasteiger partial charge is 0.305 e. The van der Waals surface area contributed by atoms with E-state index in [2.05, 4.69) is 39.8 Å². The molecule has 0 aliphatic heterocycles. The van der Waals surface area contributed by atoms with Crippen LogP contribution in [-0.4, -0.2) is 23.7 Å². The average molecular weight is 707 g/mol. The summed E-state index contributed by atoms with van der Waals surface area (Å²) < 4.78 is 5.46. The fourth-order valence-electron chi connectivity index (χ4n) is 6.52. The fraction of sp³-hybridized carbons (Fsp3) is 0.913. The van der Waals surface area contributed by atoms with Crippen LogP contribution in [0.1, 0.15) is 259 Å². The molecule has 4 heteroatoms. The second kappa shape index (κ2) is 45.7. The minimum absolute atomic E-state index is 0.0167. The van der Waals surface area contributed by atoms with E-state index in [1.165, 1.54) is 193 Å². The van der Waals surface area contributed by atoms with Crippen LogP contribution in [0.2, 0.25) is 0 Å². The number of carboxylic acid groups (broad SMARTS) is 1. The van der Waals surface area contributed by atoms with Crippen LogP contribution in [0.15, 0.2) is 12.2 Å². The van der Waals surface area contributed by atoms with Crippen molar-refractivity contribution in [3.8, 4) is 0 Å². The van der Waals surface area contributed by atoms with Crippen molar-refractivity contribution in [1.82, 2.24) is 0 Å². The van der Waals surface area contributed by atoms with E-state index in [9.17, 15) is 9.59 Å². The van der Waals surface area contributed by atoms with E-state index >= 15 is 0 Å². The third-order valence-corrected chi connectivity index (χ3v) is 10.2. The maximum Gasteiger partial charge on any atom is 0.305 e. The number of aliphatic carboxylic acids is 1.